The smallest absolute Gasteiger partial charge is 0.328 e. The Morgan fingerprint density at radius 1 is 1.45 bits per heavy atom. The monoisotopic (exact) mass is 362 g/mol. The summed E-state index contributed by atoms with van der Waals surface area (Å²) >= 11 is 3.33. The first-order valence-corrected chi connectivity index (χ1v) is 7.24. The number of amides is 1. The number of nitrogens with one attached hydrogen (secondary N) is 2. The van der Waals surface area contributed by atoms with Crippen molar-refractivity contribution in [2.45, 2.75) is 12.5 Å². The third kappa shape index (κ3) is 2.77. The number of H-pyrrole nitrogens is 1. The van der Waals surface area contributed by atoms with Crippen LogP contribution in [0, 0.1) is 0 Å². The molecular formula is C14H11BrN4O3. The van der Waals surface area contributed by atoms with Gasteiger partial charge in [-0.25, -0.2) is 9.78 Å². The van der Waals surface area contributed by atoms with Crippen molar-refractivity contribution in [1.29, 1.82) is 0 Å². The van der Waals surface area contributed by atoms with E-state index in [9.17, 15) is 14.7 Å². The summed E-state index contributed by atoms with van der Waals surface area (Å²) in [5.41, 5.74) is 1.33. The number of hydrogen-bond donors (Lipinski definition) is 3. The van der Waals surface area contributed by atoms with E-state index in [-0.39, 0.29) is 12.1 Å². The van der Waals surface area contributed by atoms with Gasteiger partial charge in [0.05, 0.1) is 5.69 Å². The number of carboxylic acids is 1. The van der Waals surface area contributed by atoms with Crippen LogP contribution in [0.3, 0.4) is 0 Å². The van der Waals surface area contributed by atoms with Crippen LogP contribution < -0.4 is 5.32 Å². The van der Waals surface area contributed by atoms with Crippen LogP contribution >= 0.6 is 15.9 Å². The molecule has 0 fully saturated rings. The highest BCUT2D eigenvalue weighted by Crippen LogP contribution is 2.27. The number of carboxylic acid groups (broad SMARTS) is 1. The molecule has 112 valence electrons. The molecule has 0 aliphatic carbocycles. The minimum atomic E-state index is -1.11. The molecule has 1 unspecified atom stereocenters. The maximum Gasteiger partial charge on any atom is 0.328 e. The summed E-state index contributed by atoms with van der Waals surface area (Å²) in [6.07, 6.45) is 3.23. The molecule has 3 rings (SSSR count). The Kier molecular flexibility index (Phi) is 3.76. The third-order valence-electron chi connectivity index (χ3n) is 3.21. The Bertz CT molecular complexity index is 770. The van der Waals surface area contributed by atoms with Gasteiger partial charge in [0.15, 0.2) is 6.04 Å². The second kappa shape index (κ2) is 5.72. The highest BCUT2D eigenvalue weighted by Gasteiger charge is 2.29. The minimum absolute atomic E-state index is 0.0858. The molecule has 0 saturated heterocycles. The topological polar surface area (TPSA) is 107 Å². The van der Waals surface area contributed by atoms with Gasteiger partial charge in [-0.05, 0) is 18.2 Å². The minimum Gasteiger partial charge on any atom is -0.480 e. The lowest BCUT2D eigenvalue weighted by Crippen LogP contribution is -2.25. The molecule has 1 atom stereocenters. The van der Waals surface area contributed by atoms with Crippen molar-refractivity contribution in [1.82, 2.24) is 9.97 Å². The summed E-state index contributed by atoms with van der Waals surface area (Å²) in [6, 6.07) is 4.18. The van der Waals surface area contributed by atoms with Gasteiger partial charge in [-0.2, -0.15) is 0 Å². The molecule has 1 aromatic carbocycles. The van der Waals surface area contributed by atoms with Crippen molar-refractivity contribution in [3.8, 4) is 0 Å². The Morgan fingerprint density at radius 2 is 2.27 bits per heavy atom. The van der Waals surface area contributed by atoms with Gasteiger partial charge in [0.1, 0.15) is 11.5 Å². The van der Waals surface area contributed by atoms with Gasteiger partial charge in [0.25, 0.3) is 5.91 Å². The molecule has 22 heavy (non-hydrogen) atoms. The molecule has 0 bridgehead atoms. The van der Waals surface area contributed by atoms with Gasteiger partial charge >= 0.3 is 5.97 Å². The molecule has 1 aromatic heterocycles. The highest BCUT2D eigenvalue weighted by atomic mass is 79.9. The van der Waals surface area contributed by atoms with Gasteiger partial charge in [0.2, 0.25) is 0 Å². The number of aromatic nitrogens is 2. The Morgan fingerprint density at radius 3 is 2.95 bits per heavy atom. The second-order valence-electron chi connectivity index (χ2n) is 4.72. The molecule has 2 heterocycles. The normalized spacial score (nSPS) is 16.4. The van der Waals surface area contributed by atoms with Crippen LogP contribution in [0.4, 0.5) is 5.69 Å². The van der Waals surface area contributed by atoms with Crippen LogP contribution in [-0.4, -0.2) is 38.7 Å². The predicted molar refractivity (Wildman–Crippen MR) is 83.0 cm³/mol. The number of rotatable bonds is 4. The van der Waals surface area contributed by atoms with Crippen LogP contribution in [0.2, 0.25) is 0 Å². The molecular weight excluding hydrogens is 352 g/mol. The number of aliphatic imine (C=N–C) groups is 1. The number of imidazole rings is 1. The molecule has 0 saturated carbocycles. The van der Waals surface area contributed by atoms with Gasteiger partial charge in [0, 0.05) is 28.9 Å². The average molecular weight is 363 g/mol. The predicted octanol–water partition coefficient (Wildman–Crippen LogP) is 1.61. The summed E-state index contributed by atoms with van der Waals surface area (Å²) in [5, 5.41) is 12.0. The van der Waals surface area contributed by atoms with Crippen molar-refractivity contribution >= 4 is 39.2 Å². The van der Waals surface area contributed by atoms with E-state index in [1.54, 1.807) is 24.4 Å². The maximum absolute atomic E-state index is 12.0. The van der Waals surface area contributed by atoms with Crippen molar-refractivity contribution in [3.63, 3.8) is 0 Å². The number of hydrogen-bond acceptors (Lipinski definition) is 4. The number of aromatic amines is 1. The molecule has 1 aliphatic heterocycles. The van der Waals surface area contributed by atoms with Crippen LogP contribution in [0.5, 0.6) is 0 Å². The van der Waals surface area contributed by atoms with Gasteiger partial charge < -0.3 is 15.4 Å². The average Bonchev–Trinajstić information content (AvgIpc) is 3.07. The van der Waals surface area contributed by atoms with E-state index in [2.05, 4.69) is 36.2 Å². The summed E-state index contributed by atoms with van der Waals surface area (Å²) in [7, 11) is 0. The van der Waals surface area contributed by atoms with E-state index >= 15 is 0 Å². The van der Waals surface area contributed by atoms with Crippen molar-refractivity contribution < 1.29 is 14.7 Å². The molecule has 0 spiro atoms. The van der Waals surface area contributed by atoms with Gasteiger partial charge in [-0.3, -0.25) is 9.79 Å². The lowest BCUT2D eigenvalue weighted by Gasteiger charge is -2.07. The molecule has 1 aliphatic rings. The number of benzene rings is 1. The standard InChI is InChI=1S/C14H11BrN4O3/c15-7-1-2-9-8(5-7)12(13(20)19-9)18-10(14(21)22)6-11-16-3-4-17-11/h1-5,10H,6H2,(H,16,17)(H,21,22)(H,18,19,20). The number of anilines is 1. The number of carbonyl (C=O) groups is 2. The summed E-state index contributed by atoms with van der Waals surface area (Å²) in [6.45, 7) is 0. The fraction of sp³-hybridized carbons (Fsp3) is 0.143. The highest BCUT2D eigenvalue weighted by molar-refractivity contribution is 9.10. The van der Waals surface area contributed by atoms with Crippen molar-refractivity contribution in [2.75, 3.05) is 5.32 Å². The molecule has 8 heteroatoms. The second-order valence-corrected chi connectivity index (χ2v) is 5.63. The van der Waals surface area contributed by atoms with E-state index in [0.29, 0.717) is 17.1 Å². The van der Waals surface area contributed by atoms with Gasteiger partial charge in [-0.1, -0.05) is 15.9 Å². The van der Waals surface area contributed by atoms with E-state index in [4.69, 9.17) is 0 Å². The zero-order valence-corrected chi connectivity index (χ0v) is 12.8. The first-order chi connectivity index (χ1) is 10.5. The van der Waals surface area contributed by atoms with E-state index in [1.165, 1.54) is 6.20 Å². The molecule has 1 amide bonds. The lowest BCUT2D eigenvalue weighted by atomic mass is 10.1. The van der Waals surface area contributed by atoms with E-state index in [1.807, 2.05) is 0 Å². The number of carbonyl (C=O) groups excluding carboxylic acids is 1. The number of aliphatic carboxylic acids is 1. The summed E-state index contributed by atoms with van der Waals surface area (Å²) < 4.78 is 0.786. The zero-order chi connectivity index (χ0) is 15.7. The van der Waals surface area contributed by atoms with E-state index in [0.717, 1.165) is 4.47 Å². The van der Waals surface area contributed by atoms with Crippen LogP contribution in [0.25, 0.3) is 0 Å². The number of fused-ring (bicyclic) bond motifs is 1. The SMILES string of the molecule is O=C1Nc2ccc(Br)cc2C1=NC(Cc1ncc[nH]1)C(=O)O. The fourth-order valence-corrected chi connectivity index (χ4v) is 2.55. The first-order valence-electron chi connectivity index (χ1n) is 6.44. The molecule has 3 N–H and O–H groups in total. The zero-order valence-electron chi connectivity index (χ0n) is 11.2. The van der Waals surface area contributed by atoms with Crippen LogP contribution in [0.15, 0.2) is 40.1 Å². The Balaban J connectivity index is 1.97. The number of nitrogens with zero attached hydrogens (tertiary/aromatic N) is 2. The Hall–Kier alpha value is -2.48. The Labute approximate surface area is 133 Å². The summed E-state index contributed by atoms with van der Waals surface area (Å²) in [5.74, 6) is -1.01. The largest absolute Gasteiger partial charge is 0.480 e. The van der Waals surface area contributed by atoms with Crippen LogP contribution in [0.1, 0.15) is 11.4 Å². The van der Waals surface area contributed by atoms with Gasteiger partial charge in [-0.15, -0.1) is 0 Å². The molecule has 0 radical (unpaired) electrons. The third-order valence-corrected chi connectivity index (χ3v) is 3.70. The van der Waals surface area contributed by atoms with Crippen molar-refractivity contribution in [2.24, 2.45) is 4.99 Å². The first kappa shape index (κ1) is 14.5. The number of halogens is 1. The van der Waals surface area contributed by atoms with Crippen LogP contribution in [-0.2, 0) is 16.0 Å². The van der Waals surface area contributed by atoms with E-state index < -0.39 is 17.9 Å². The van der Waals surface area contributed by atoms with Crippen molar-refractivity contribution in [3.05, 3.63) is 46.5 Å². The molecule has 7 nitrogen and oxygen atoms in total. The summed E-state index contributed by atoms with van der Waals surface area (Å²) in [4.78, 5) is 34.4. The quantitative estimate of drug-likeness (QED) is 0.767. The lowest BCUT2D eigenvalue weighted by molar-refractivity contribution is -0.138. The molecule has 2 aromatic rings. The maximum atomic E-state index is 12.0. The fourth-order valence-electron chi connectivity index (χ4n) is 2.19.